The van der Waals surface area contributed by atoms with E-state index in [4.69, 9.17) is 11.6 Å². The molecule has 0 aliphatic carbocycles. The van der Waals surface area contributed by atoms with Crippen molar-refractivity contribution in [3.8, 4) is 0 Å². The molecule has 29 heavy (non-hydrogen) atoms. The van der Waals surface area contributed by atoms with Crippen molar-refractivity contribution in [2.75, 3.05) is 5.32 Å². The Morgan fingerprint density at radius 2 is 1.97 bits per heavy atom. The van der Waals surface area contributed by atoms with Crippen molar-refractivity contribution in [2.24, 2.45) is 7.05 Å². The first kappa shape index (κ1) is 21.8. The van der Waals surface area contributed by atoms with Gasteiger partial charge in [-0.05, 0) is 44.0 Å². The Labute approximate surface area is 183 Å². The van der Waals surface area contributed by atoms with Crippen LogP contribution >= 0.6 is 43.5 Å². The minimum Gasteiger partial charge on any atom is -0.303 e. The largest absolute Gasteiger partial charge is 0.434 e. The van der Waals surface area contributed by atoms with Crippen LogP contribution in [0.4, 0.5) is 23.4 Å². The van der Waals surface area contributed by atoms with Crippen LogP contribution in [-0.4, -0.2) is 25.5 Å². The number of nitrogens with one attached hydrogen (secondary N) is 1. The van der Waals surface area contributed by atoms with Gasteiger partial charge < -0.3 is 5.32 Å². The standard InChI is InChI=1S/C16H10Br2ClF4N5O/c1-27-13(16(21,22)23)11(18)12(25-27)15(29)24-14-8(17)6-28(26-14)5-7-9(19)3-2-4-10(7)20/h2-4,6H,5H2,1H3,(H,24,26,29). The lowest BCUT2D eigenvalue weighted by Crippen LogP contribution is -2.15. The fourth-order valence-electron chi connectivity index (χ4n) is 2.53. The number of amides is 1. The van der Waals surface area contributed by atoms with E-state index in [2.05, 4.69) is 47.4 Å². The molecule has 0 saturated carbocycles. The van der Waals surface area contributed by atoms with Gasteiger partial charge in [0.15, 0.2) is 17.2 Å². The Morgan fingerprint density at radius 3 is 2.55 bits per heavy atom. The fourth-order valence-corrected chi connectivity index (χ4v) is 3.90. The number of nitrogens with zero attached hydrogens (tertiary/aromatic N) is 4. The van der Waals surface area contributed by atoms with Gasteiger partial charge in [-0.2, -0.15) is 23.4 Å². The number of aryl methyl sites for hydroxylation is 1. The summed E-state index contributed by atoms with van der Waals surface area (Å²) in [6.07, 6.45) is -3.23. The van der Waals surface area contributed by atoms with Gasteiger partial charge in [-0.1, -0.05) is 17.7 Å². The predicted octanol–water partition coefficient (Wildman–Crippen LogP) is 5.25. The van der Waals surface area contributed by atoms with E-state index < -0.39 is 33.8 Å². The monoisotopic (exact) mass is 557 g/mol. The number of anilines is 1. The molecule has 0 fully saturated rings. The minimum atomic E-state index is -4.69. The van der Waals surface area contributed by atoms with Gasteiger partial charge in [-0.3, -0.25) is 14.2 Å². The average Bonchev–Trinajstić information content (AvgIpc) is 3.09. The molecule has 0 spiro atoms. The molecule has 1 N–H and O–H groups in total. The molecular formula is C16H10Br2ClF4N5O. The SMILES string of the molecule is Cn1nc(C(=O)Nc2nn(Cc3c(F)cccc3Cl)cc2Br)c(Br)c1C(F)(F)F. The van der Waals surface area contributed by atoms with Gasteiger partial charge in [-0.25, -0.2) is 4.39 Å². The van der Waals surface area contributed by atoms with Crippen molar-refractivity contribution in [2.45, 2.75) is 12.7 Å². The molecule has 0 radical (unpaired) electrons. The first-order valence-corrected chi connectivity index (χ1v) is 9.72. The van der Waals surface area contributed by atoms with Crippen LogP contribution in [0.15, 0.2) is 33.3 Å². The molecule has 0 aliphatic heterocycles. The first-order valence-electron chi connectivity index (χ1n) is 7.76. The Kier molecular flexibility index (Phi) is 6.06. The lowest BCUT2D eigenvalue weighted by atomic mass is 10.2. The summed E-state index contributed by atoms with van der Waals surface area (Å²) in [6.45, 7) is -0.0223. The molecule has 0 aliphatic rings. The van der Waals surface area contributed by atoms with Crippen molar-refractivity contribution in [3.63, 3.8) is 0 Å². The molecule has 3 aromatic rings. The zero-order chi connectivity index (χ0) is 21.5. The number of hydrogen-bond donors (Lipinski definition) is 1. The van der Waals surface area contributed by atoms with Gasteiger partial charge in [0.2, 0.25) is 0 Å². The maximum atomic E-state index is 13.9. The summed E-state index contributed by atoms with van der Waals surface area (Å²) in [5, 5.41) is 10.3. The highest BCUT2D eigenvalue weighted by Crippen LogP contribution is 2.36. The Hall–Kier alpha value is -1.92. The second kappa shape index (κ2) is 8.07. The second-order valence-corrected chi connectivity index (χ2v) is 7.86. The molecule has 2 aromatic heterocycles. The predicted molar refractivity (Wildman–Crippen MR) is 104 cm³/mol. The Balaban J connectivity index is 1.84. The lowest BCUT2D eigenvalue weighted by Gasteiger charge is -2.06. The van der Waals surface area contributed by atoms with E-state index in [0.717, 1.165) is 7.05 Å². The van der Waals surface area contributed by atoms with Gasteiger partial charge in [-0.15, -0.1) is 0 Å². The van der Waals surface area contributed by atoms with Crippen LogP contribution in [0.1, 0.15) is 21.7 Å². The quantitative estimate of drug-likeness (QED) is 0.444. The van der Waals surface area contributed by atoms with Crippen LogP contribution in [0.2, 0.25) is 5.02 Å². The molecule has 0 unspecified atom stereocenters. The van der Waals surface area contributed by atoms with Gasteiger partial charge in [0.05, 0.1) is 15.5 Å². The van der Waals surface area contributed by atoms with Crippen molar-refractivity contribution in [1.29, 1.82) is 0 Å². The maximum Gasteiger partial charge on any atom is 0.434 e. The van der Waals surface area contributed by atoms with Crippen LogP contribution in [0.25, 0.3) is 0 Å². The molecule has 3 rings (SSSR count). The molecule has 1 aromatic carbocycles. The highest BCUT2D eigenvalue weighted by molar-refractivity contribution is 9.11. The third-order valence-electron chi connectivity index (χ3n) is 3.80. The highest BCUT2D eigenvalue weighted by Gasteiger charge is 2.39. The van der Waals surface area contributed by atoms with Crippen LogP contribution < -0.4 is 5.32 Å². The van der Waals surface area contributed by atoms with E-state index in [1.165, 1.54) is 29.1 Å². The third-order valence-corrected chi connectivity index (χ3v) is 5.49. The number of rotatable bonds is 4. The molecule has 6 nitrogen and oxygen atoms in total. The normalized spacial score (nSPS) is 11.7. The van der Waals surface area contributed by atoms with Crippen molar-refractivity contribution >= 4 is 55.2 Å². The van der Waals surface area contributed by atoms with E-state index in [0.29, 0.717) is 9.15 Å². The van der Waals surface area contributed by atoms with Crippen molar-refractivity contribution in [3.05, 3.63) is 61.1 Å². The second-order valence-electron chi connectivity index (χ2n) is 5.81. The van der Waals surface area contributed by atoms with Gasteiger partial charge in [0, 0.05) is 23.8 Å². The molecule has 2 heterocycles. The highest BCUT2D eigenvalue weighted by atomic mass is 79.9. The Morgan fingerprint density at radius 1 is 1.28 bits per heavy atom. The van der Waals surface area contributed by atoms with E-state index in [1.54, 1.807) is 0 Å². The van der Waals surface area contributed by atoms with Crippen molar-refractivity contribution in [1.82, 2.24) is 19.6 Å². The summed E-state index contributed by atoms with van der Waals surface area (Å²) in [6, 6.07) is 4.24. The summed E-state index contributed by atoms with van der Waals surface area (Å²) in [7, 11) is 1.08. The van der Waals surface area contributed by atoms with Crippen LogP contribution in [0.5, 0.6) is 0 Å². The number of benzene rings is 1. The topological polar surface area (TPSA) is 64.7 Å². The van der Waals surface area contributed by atoms with Gasteiger partial charge in [0.25, 0.3) is 5.91 Å². The van der Waals surface area contributed by atoms with Crippen LogP contribution in [-0.2, 0) is 19.8 Å². The van der Waals surface area contributed by atoms with E-state index >= 15 is 0 Å². The molecule has 154 valence electrons. The number of halogens is 7. The first-order chi connectivity index (χ1) is 13.5. The molecule has 13 heteroatoms. The maximum absolute atomic E-state index is 13.9. The van der Waals surface area contributed by atoms with Crippen molar-refractivity contribution < 1.29 is 22.4 Å². The van der Waals surface area contributed by atoms with E-state index in [-0.39, 0.29) is 22.9 Å². The summed E-state index contributed by atoms with van der Waals surface area (Å²) >= 11 is 12.0. The smallest absolute Gasteiger partial charge is 0.303 e. The zero-order valence-corrected chi connectivity index (χ0v) is 18.3. The van der Waals surface area contributed by atoms with Crippen LogP contribution in [0, 0.1) is 5.82 Å². The molecule has 0 saturated heterocycles. The van der Waals surface area contributed by atoms with Gasteiger partial charge in [0.1, 0.15) is 5.82 Å². The average molecular weight is 560 g/mol. The summed E-state index contributed by atoms with van der Waals surface area (Å²) < 4.78 is 54.9. The number of aromatic nitrogens is 4. The number of carbonyl (C=O) groups is 1. The van der Waals surface area contributed by atoms with E-state index in [1.807, 2.05) is 0 Å². The summed E-state index contributed by atoms with van der Waals surface area (Å²) in [5.41, 5.74) is -1.36. The molecule has 0 bridgehead atoms. The number of carbonyl (C=O) groups excluding carboxylic acids is 1. The Bertz CT molecular complexity index is 1080. The van der Waals surface area contributed by atoms with E-state index in [9.17, 15) is 22.4 Å². The number of hydrogen-bond acceptors (Lipinski definition) is 3. The minimum absolute atomic E-state index is 0.0218. The summed E-state index contributed by atoms with van der Waals surface area (Å²) in [5.74, 6) is -1.40. The zero-order valence-electron chi connectivity index (χ0n) is 14.4. The lowest BCUT2D eigenvalue weighted by molar-refractivity contribution is -0.144. The molecular weight excluding hydrogens is 549 g/mol. The fraction of sp³-hybridized carbons (Fsp3) is 0.188. The van der Waals surface area contributed by atoms with Crippen LogP contribution in [0.3, 0.4) is 0 Å². The number of alkyl halides is 3. The molecule has 0 atom stereocenters. The summed E-state index contributed by atoms with van der Waals surface area (Å²) in [4.78, 5) is 12.4. The third kappa shape index (κ3) is 4.48. The molecule has 1 amide bonds. The van der Waals surface area contributed by atoms with Gasteiger partial charge >= 0.3 is 6.18 Å².